The Morgan fingerprint density at radius 1 is 1.43 bits per heavy atom. The average molecular weight is 194 g/mol. The molecular formula is C12H22N2. The van der Waals surface area contributed by atoms with Gasteiger partial charge in [0, 0.05) is 12.2 Å². The first kappa shape index (κ1) is 13.1. The van der Waals surface area contributed by atoms with Gasteiger partial charge in [0.25, 0.3) is 0 Å². The van der Waals surface area contributed by atoms with Crippen molar-refractivity contribution in [2.75, 3.05) is 7.05 Å². The molecule has 1 heterocycles. The third-order valence-corrected chi connectivity index (χ3v) is 2.15. The summed E-state index contributed by atoms with van der Waals surface area (Å²) in [6.45, 7) is 8.28. The molecule has 0 aliphatic heterocycles. The van der Waals surface area contributed by atoms with Gasteiger partial charge in [-0.05, 0) is 32.0 Å². The zero-order valence-electron chi connectivity index (χ0n) is 9.96. The maximum atomic E-state index is 4.36. The lowest BCUT2D eigenvalue weighted by atomic mass is 10.1. The third kappa shape index (κ3) is 3.46. The zero-order chi connectivity index (χ0) is 11.0. The van der Waals surface area contributed by atoms with Crippen molar-refractivity contribution < 1.29 is 0 Å². The molecule has 1 N–H and O–H groups in total. The molecule has 0 unspecified atom stereocenters. The van der Waals surface area contributed by atoms with Crippen LogP contribution in [-0.2, 0) is 6.42 Å². The summed E-state index contributed by atoms with van der Waals surface area (Å²) >= 11 is 0. The molecule has 1 aromatic rings. The molecule has 0 saturated carbocycles. The predicted molar refractivity (Wildman–Crippen MR) is 62.4 cm³/mol. The van der Waals surface area contributed by atoms with Crippen LogP contribution in [0.25, 0.3) is 0 Å². The van der Waals surface area contributed by atoms with Crippen LogP contribution in [-0.4, -0.2) is 12.0 Å². The lowest BCUT2D eigenvalue weighted by Crippen LogP contribution is -2.15. The molecule has 0 saturated heterocycles. The van der Waals surface area contributed by atoms with Crippen molar-refractivity contribution in [3.8, 4) is 0 Å². The smallest absolute Gasteiger partial charge is 0.0602 e. The van der Waals surface area contributed by atoms with Gasteiger partial charge in [-0.3, -0.25) is 4.98 Å². The maximum absolute atomic E-state index is 4.36. The van der Waals surface area contributed by atoms with Crippen LogP contribution >= 0.6 is 0 Å². The van der Waals surface area contributed by atoms with Crippen LogP contribution < -0.4 is 5.32 Å². The van der Waals surface area contributed by atoms with E-state index in [2.05, 4.69) is 30.2 Å². The Labute approximate surface area is 87.8 Å². The topological polar surface area (TPSA) is 24.9 Å². The van der Waals surface area contributed by atoms with Crippen LogP contribution in [0, 0.1) is 0 Å². The second kappa shape index (κ2) is 7.51. The van der Waals surface area contributed by atoms with Crippen molar-refractivity contribution in [3.63, 3.8) is 0 Å². The van der Waals surface area contributed by atoms with Crippen LogP contribution in [0.4, 0.5) is 0 Å². The molecule has 1 atom stereocenters. The fourth-order valence-electron chi connectivity index (χ4n) is 1.28. The van der Waals surface area contributed by atoms with Gasteiger partial charge in [0.15, 0.2) is 0 Å². The molecule has 0 bridgehead atoms. The summed E-state index contributed by atoms with van der Waals surface area (Å²) in [6, 6.07) is 4.47. The van der Waals surface area contributed by atoms with E-state index in [0.717, 1.165) is 6.42 Å². The van der Waals surface area contributed by atoms with Crippen molar-refractivity contribution in [1.29, 1.82) is 0 Å². The van der Waals surface area contributed by atoms with Gasteiger partial charge in [0.2, 0.25) is 0 Å². The van der Waals surface area contributed by atoms with E-state index in [9.17, 15) is 0 Å². The van der Waals surface area contributed by atoms with E-state index >= 15 is 0 Å². The monoisotopic (exact) mass is 194 g/mol. The van der Waals surface area contributed by atoms with E-state index in [1.165, 1.54) is 11.3 Å². The maximum Gasteiger partial charge on any atom is 0.0602 e. The van der Waals surface area contributed by atoms with E-state index in [4.69, 9.17) is 0 Å². The minimum Gasteiger partial charge on any atom is -0.312 e. The van der Waals surface area contributed by atoms with Crippen molar-refractivity contribution >= 4 is 0 Å². The Kier molecular flexibility index (Phi) is 7.03. The quantitative estimate of drug-likeness (QED) is 0.800. The van der Waals surface area contributed by atoms with Crippen molar-refractivity contribution in [1.82, 2.24) is 10.3 Å². The highest BCUT2D eigenvalue weighted by atomic mass is 14.9. The average Bonchev–Trinajstić information content (AvgIpc) is 2.30. The highest BCUT2D eigenvalue weighted by molar-refractivity contribution is 5.22. The molecule has 1 aromatic heterocycles. The van der Waals surface area contributed by atoms with E-state index < -0.39 is 0 Å². The summed E-state index contributed by atoms with van der Waals surface area (Å²) in [4.78, 5) is 4.36. The molecule has 0 spiro atoms. The largest absolute Gasteiger partial charge is 0.312 e. The first-order valence-electron chi connectivity index (χ1n) is 5.40. The molecule has 1 rings (SSSR count). The molecular weight excluding hydrogens is 172 g/mol. The van der Waals surface area contributed by atoms with Gasteiger partial charge in [-0.2, -0.15) is 0 Å². The van der Waals surface area contributed by atoms with Gasteiger partial charge >= 0.3 is 0 Å². The number of aryl methyl sites for hydroxylation is 1. The molecule has 0 aliphatic rings. The Bertz CT molecular complexity index is 246. The third-order valence-electron chi connectivity index (χ3n) is 2.15. The van der Waals surface area contributed by atoms with Crippen LogP contribution in [0.15, 0.2) is 18.3 Å². The molecule has 0 fully saturated rings. The summed E-state index contributed by atoms with van der Waals surface area (Å²) in [5.41, 5.74) is 2.50. The SMILES string of the molecule is CC.CCc1cccnc1[C@H](C)NC. The number of rotatable bonds is 3. The summed E-state index contributed by atoms with van der Waals surface area (Å²) in [5, 5.41) is 3.19. The van der Waals surface area contributed by atoms with Gasteiger partial charge < -0.3 is 5.32 Å². The number of nitrogens with zero attached hydrogens (tertiary/aromatic N) is 1. The summed E-state index contributed by atoms with van der Waals surface area (Å²) in [6.07, 6.45) is 2.90. The van der Waals surface area contributed by atoms with Crippen molar-refractivity contribution in [2.24, 2.45) is 0 Å². The van der Waals surface area contributed by atoms with Crippen molar-refractivity contribution in [2.45, 2.75) is 40.2 Å². The van der Waals surface area contributed by atoms with E-state index in [1.807, 2.05) is 33.2 Å². The minimum atomic E-state index is 0.348. The van der Waals surface area contributed by atoms with Crippen LogP contribution in [0.3, 0.4) is 0 Å². The van der Waals surface area contributed by atoms with Gasteiger partial charge in [0.1, 0.15) is 0 Å². The molecule has 2 nitrogen and oxygen atoms in total. The molecule has 0 aliphatic carbocycles. The molecule has 0 radical (unpaired) electrons. The van der Waals surface area contributed by atoms with Crippen LogP contribution in [0.1, 0.15) is 45.0 Å². The number of hydrogen-bond donors (Lipinski definition) is 1. The van der Waals surface area contributed by atoms with Gasteiger partial charge in [-0.15, -0.1) is 0 Å². The zero-order valence-corrected chi connectivity index (χ0v) is 9.96. The lowest BCUT2D eigenvalue weighted by molar-refractivity contribution is 0.625. The number of nitrogens with one attached hydrogen (secondary N) is 1. The number of hydrogen-bond acceptors (Lipinski definition) is 2. The first-order valence-corrected chi connectivity index (χ1v) is 5.40. The van der Waals surface area contributed by atoms with Gasteiger partial charge in [-0.25, -0.2) is 0 Å². The first-order chi connectivity index (χ1) is 6.79. The lowest BCUT2D eigenvalue weighted by Gasteiger charge is -2.12. The fraction of sp³-hybridized carbons (Fsp3) is 0.583. The normalized spacial score (nSPS) is 11.5. The Balaban J connectivity index is 0.000000791. The Morgan fingerprint density at radius 2 is 2.07 bits per heavy atom. The highest BCUT2D eigenvalue weighted by Gasteiger charge is 2.07. The minimum absolute atomic E-state index is 0.348. The van der Waals surface area contributed by atoms with Crippen LogP contribution in [0.5, 0.6) is 0 Å². The second-order valence-electron chi connectivity index (χ2n) is 2.91. The highest BCUT2D eigenvalue weighted by Crippen LogP contribution is 2.14. The standard InChI is InChI=1S/C10H16N2.C2H6/c1-4-9-6-5-7-12-10(9)8(2)11-3;1-2/h5-8,11H,4H2,1-3H3;1-2H3/t8-;/m0./s1. The van der Waals surface area contributed by atoms with Gasteiger partial charge in [-0.1, -0.05) is 26.8 Å². The molecule has 0 aromatic carbocycles. The van der Waals surface area contributed by atoms with Crippen LogP contribution in [0.2, 0.25) is 0 Å². The van der Waals surface area contributed by atoms with Crippen molar-refractivity contribution in [3.05, 3.63) is 29.6 Å². The van der Waals surface area contributed by atoms with E-state index in [1.54, 1.807) is 0 Å². The number of pyridine rings is 1. The van der Waals surface area contributed by atoms with E-state index in [-0.39, 0.29) is 0 Å². The fourth-order valence-corrected chi connectivity index (χ4v) is 1.28. The predicted octanol–water partition coefficient (Wildman–Crippen LogP) is 2.95. The summed E-state index contributed by atoms with van der Waals surface area (Å²) < 4.78 is 0. The molecule has 2 heteroatoms. The van der Waals surface area contributed by atoms with E-state index in [0.29, 0.717) is 6.04 Å². The molecule has 0 amide bonds. The Hall–Kier alpha value is -0.890. The molecule has 14 heavy (non-hydrogen) atoms. The van der Waals surface area contributed by atoms with Gasteiger partial charge in [0.05, 0.1) is 5.69 Å². The summed E-state index contributed by atoms with van der Waals surface area (Å²) in [5.74, 6) is 0. The second-order valence-corrected chi connectivity index (χ2v) is 2.91. The molecule has 80 valence electrons. The Morgan fingerprint density at radius 3 is 2.57 bits per heavy atom. The summed E-state index contributed by atoms with van der Waals surface area (Å²) in [7, 11) is 1.96. The number of aromatic nitrogens is 1.